The molecule has 0 aliphatic heterocycles. The van der Waals surface area contributed by atoms with Crippen LogP contribution in [0.2, 0.25) is 0 Å². The number of ether oxygens (including phenoxy) is 2. The van der Waals surface area contributed by atoms with Gasteiger partial charge in [-0.1, -0.05) is 39.8 Å². The van der Waals surface area contributed by atoms with Crippen molar-refractivity contribution in [3.63, 3.8) is 0 Å². The average molecular weight is 319 g/mol. The largest absolute Gasteiger partial charge is 0.465 e. The molecule has 1 aliphatic rings. The Kier molecular flexibility index (Phi) is 6.95. The summed E-state index contributed by atoms with van der Waals surface area (Å²) in [5.74, 6) is 3.18. The van der Waals surface area contributed by atoms with Crippen molar-refractivity contribution >= 4 is 0 Å². The minimum atomic E-state index is -0.176. The molecule has 2 atom stereocenters. The zero-order valence-electron chi connectivity index (χ0n) is 15.5. The minimum absolute atomic E-state index is 0.176. The van der Waals surface area contributed by atoms with E-state index in [1.807, 2.05) is 6.92 Å². The number of rotatable bonds is 7. The lowest BCUT2D eigenvalue weighted by Gasteiger charge is -2.32. The zero-order chi connectivity index (χ0) is 16.8. The molecule has 0 amide bonds. The molecule has 1 aromatic rings. The van der Waals surface area contributed by atoms with Crippen molar-refractivity contribution in [3.05, 3.63) is 29.8 Å². The van der Waals surface area contributed by atoms with Crippen molar-refractivity contribution < 1.29 is 9.47 Å². The Morgan fingerprint density at radius 1 is 0.957 bits per heavy atom. The molecule has 1 aromatic carbocycles. The van der Waals surface area contributed by atoms with Crippen LogP contribution in [0.15, 0.2) is 24.3 Å². The summed E-state index contributed by atoms with van der Waals surface area (Å²) in [6, 6.07) is 8.47. The van der Waals surface area contributed by atoms with Crippen LogP contribution in [-0.2, 0) is 4.74 Å². The molecule has 23 heavy (non-hydrogen) atoms. The Hall–Kier alpha value is -1.02. The van der Waals surface area contributed by atoms with Crippen molar-refractivity contribution in [2.24, 2.45) is 11.8 Å². The molecular weight excluding hydrogens is 284 g/mol. The van der Waals surface area contributed by atoms with E-state index in [1.165, 1.54) is 37.7 Å². The molecule has 1 aliphatic carbocycles. The molecule has 0 spiro atoms. The second kappa shape index (κ2) is 8.73. The molecule has 2 nitrogen and oxygen atoms in total. The lowest BCUT2D eigenvalue weighted by Crippen LogP contribution is -2.29. The first kappa shape index (κ1) is 18.3. The molecule has 0 saturated heterocycles. The van der Waals surface area contributed by atoms with Crippen LogP contribution in [0.5, 0.6) is 5.75 Å². The van der Waals surface area contributed by atoms with Gasteiger partial charge in [-0.3, -0.25) is 0 Å². The minimum Gasteiger partial charge on any atom is -0.465 e. The molecule has 130 valence electrons. The maximum atomic E-state index is 6.10. The van der Waals surface area contributed by atoms with E-state index in [0.29, 0.717) is 12.0 Å². The standard InChI is InChI=1S/C21H34O2/c1-6-16(4)19-9-13-21(14-10-19)23-17(5)22-20-11-7-18(8-12-20)15(2)3/h9-10,13-18,20H,6-8,11-12H2,1-5H3. The highest BCUT2D eigenvalue weighted by Crippen LogP contribution is 2.32. The van der Waals surface area contributed by atoms with E-state index in [4.69, 9.17) is 9.47 Å². The fraction of sp³-hybridized carbons (Fsp3) is 0.714. The highest BCUT2D eigenvalue weighted by Gasteiger charge is 2.25. The van der Waals surface area contributed by atoms with Crippen molar-refractivity contribution in [3.8, 4) is 5.75 Å². The van der Waals surface area contributed by atoms with E-state index in [0.717, 1.165) is 17.6 Å². The van der Waals surface area contributed by atoms with Crippen molar-refractivity contribution in [2.45, 2.75) is 85.0 Å². The normalized spacial score (nSPS) is 24.4. The van der Waals surface area contributed by atoms with E-state index in [2.05, 4.69) is 52.0 Å². The van der Waals surface area contributed by atoms with Crippen LogP contribution in [0.1, 0.15) is 78.2 Å². The first-order valence-electron chi connectivity index (χ1n) is 9.41. The van der Waals surface area contributed by atoms with Crippen molar-refractivity contribution in [1.29, 1.82) is 0 Å². The van der Waals surface area contributed by atoms with E-state index in [1.54, 1.807) is 0 Å². The Bertz CT molecular complexity index is 443. The molecule has 2 heteroatoms. The van der Waals surface area contributed by atoms with E-state index >= 15 is 0 Å². The quantitative estimate of drug-likeness (QED) is 0.561. The van der Waals surface area contributed by atoms with Gasteiger partial charge in [0.25, 0.3) is 0 Å². The summed E-state index contributed by atoms with van der Waals surface area (Å²) in [7, 11) is 0. The third-order valence-electron chi connectivity index (χ3n) is 5.41. The molecule has 1 saturated carbocycles. The van der Waals surface area contributed by atoms with E-state index in [-0.39, 0.29) is 6.29 Å². The predicted octanol–water partition coefficient (Wildman–Crippen LogP) is 6.16. The maximum Gasteiger partial charge on any atom is 0.197 e. The molecule has 2 rings (SSSR count). The summed E-state index contributed by atoms with van der Waals surface area (Å²) in [4.78, 5) is 0. The van der Waals surface area contributed by atoms with Crippen LogP contribution in [-0.4, -0.2) is 12.4 Å². The Morgan fingerprint density at radius 2 is 1.57 bits per heavy atom. The highest BCUT2D eigenvalue weighted by molar-refractivity contribution is 5.29. The molecule has 2 unspecified atom stereocenters. The third-order valence-corrected chi connectivity index (χ3v) is 5.41. The van der Waals surface area contributed by atoms with Gasteiger partial charge in [-0.15, -0.1) is 0 Å². The molecule has 0 bridgehead atoms. The van der Waals surface area contributed by atoms with Crippen molar-refractivity contribution in [1.82, 2.24) is 0 Å². The van der Waals surface area contributed by atoms with E-state index < -0.39 is 0 Å². The van der Waals surface area contributed by atoms with Crippen LogP contribution in [0, 0.1) is 11.8 Å². The van der Waals surface area contributed by atoms with Crippen LogP contribution >= 0.6 is 0 Å². The summed E-state index contributed by atoms with van der Waals surface area (Å²) >= 11 is 0. The molecule has 0 aromatic heterocycles. The SMILES string of the molecule is CCC(C)c1ccc(OC(C)OC2CCC(C(C)C)CC2)cc1. The molecule has 1 fully saturated rings. The summed E-state index contributed by atoms with van der Waals surface area (Å²) in [5.41, 5.74) is 1.38. The Morgan fingerprint density at radius 3 is 2.09 bits per heavy atom. The fourth-order valence-electron chi connectivity index (χ4n) is 3.49. The summed E-state index contributed by atoms with van der Waals surface area (Å²) < 4.78 is 12.0. The van der Waals surface area contributed by atoms with Crippen LogP contribution in [0.3, 0.4) is 0 Å². The van der Waals surface area contributed by atoms with Crippen LogP contribution in [0.4, 0.5) is 0 Å². The monoisotopic (exact) mass is 318 g/mol. The maximum absolute atomic E-state index is 6.10. The van der Waals surface area contributed by atoms with Gasteiger partial charge in [0.05, 0.1) is 6.10 Å². The highest BCUT2D eigenvalue weighted by atomic mass is 16.7. The van der Waals surface area contributed by atoms with Gasteiger partial charge < -0.3 is 9.47 Å². The van der Waals surface area contributed by atoms with Crippen molar-refractivity contribution in [2.75, 3.05) is 0 Å². The lowest BCUT2D eigenvalue weighted by molar-refractivity contribution is -0.121. The van der Waals surface area contributed by atoms with Crippen LogP contribution in [0.25, 0.3) is 0 Å². The van der Waals surface area contributed by atoms with Gasteiger partial charge in [-0.2, -0.15) is 0 Å². The fourth-order valence-corrected chi connectivity index (χ4v) is 3.49. The lowest BCUT2D eigenvalue weighted by atomic mass is 9.80. The first-order valence-corrected chi connectivity index (χ1v) is 9.41. The second-order valence-corrected chi connectivity index (χ2v) is 7.48. The number of benzene rings is 1. The van der Waals surface area contributed by atoms with Gasteiger partial charge in [-0.05, 0) is 74.5 Å². The van der Waals surface area contributed by atoms with E-state index in [9.17, 15) is 0 Å². The summed E-state index contributed by atoms with van der Waals surface area (Å²) in [6.07, 6.45) is 6.27. The molecule has 0 heterocycles. The average Bonchev–Trinajstić information content (AvgIpc) is 2.55. The van der Waals surface area contributed by atoms with Gasteiger partial charge in [0.2, 0.25) is 0 Å². The number of hydrogen-bond donors (Lipinski definition) is 0. The smallest absolute Gasteiger partial charge is 0.197 e. The second-order valence-electron chi connectivity index (χ2n) is 7.48. The van der Waals surface area contributed by atoms with Gasteiger partial charge in [0.15, 0.2) is 6.29 Å². The van der Waals surface area contributed by atoms with Gasteiger partial charge in [0.1, 0.15) is 5.75 Å². The topological polar surface area (TPSA) is 18.5 Å². The number of hydrogen-bond acceptors (Lipinski definition) is 2. The molecule has 0 radical (unpaired) electrons. The van der Waals surface area contributed by atoms with Gasteiger partial charge in [-0.25, -0.2) is 0 Å². The van der Waals surface area contributed by atoms with Gasteiger partial charge in [0, 0.05) is 0 Å². The van der Waals surface area contributed by atoms with Gasteiger partial charge >= 0.3 is 0 Å². The third kappa shape index (κ3) is 5.53. The first-order chi connectivity index (χ1) is 11.0. The summed E-state index contributed by atoms with van der Waals surface area (Å²) in [6.45, 7) is 11.2. The summed E-state index contributed by atoms with van der Waals surface area (Å²) in [5, 5.41) is 0. The van der Waals surface area contributed by atoms with Crippen LogP contribution < -0.4 is 4.74 Å². The Balaban J connectivity index is 1.77. The molecule has 0 N–H and O–H groups in total. The zero-order valence-corrected chi connectivity index (χ0v) is 15.5. The Labute approximate surface area is 142 Å². The molecular formula is C21H34O2. The predicted molar refractivity (Wildman–Crippen MR) is 96.9 cm³/mol.